The Balaban J connectivity index is 2.02. The van der Waals surface area contributed by atoms with Crippen molar-refractivity contribution < 1.29 is 9.94 Å². The number of hydrogen-bond acceptors (Lipinski definition) is 5. The molecule has 0 radical (unpaired) electrons. The predicted molar refractivity (Wildman–Crippen MR) is 71.4 cm³/mol. The summed E-state index contributed by atoms with van der Waals surface area (Å²) in [5.74, 6) is 0.620. The smallest absolute Gasteiger partial charge is 0.136 e. The molecule has 1 fully saturated rings. The Morgan fingerprint density at radius 3 is 2.74 bits per heavy atom. The molecule has 1 aliphatic rings. The number of nitriles is 1. The van der Waals surface area contributed by atoms with Gasteiger partial charge >= 0.3 is 0 Å². The molecular weight excluding hydrogens is 242 g/mol. The number of oxime groups is 1. The van der Waals surface area contributed by atoms with E-state index in [-0.39, 0.29) is 0 Å². The lowest BCUT2D eigenvalue weighted by Crippen LogP contribution is -2.33. The van der Waals surface area contributed by atoms with E-state index in [1.165, 1.54) is 0 Å². The summed E-state index contributed by atoms with van der Waals surface area (Å²) >= 11 is 0. The second kappa shape index (κ2) is 6.21. The zero-order valence-corrected chi connectivity index (χ0v) is 11.0. The lowest BCUT2D eigenvalue weighted by Gasteiger charge is -2.27. The molecular formula is C14H17N3O2. The molecule has 0 saturated carbocycles. The molecule has 1 saturated heterocycles. The Hall–Kier alpha value is -2.06. The van der Waals surface area contributed by atoms with E-state index in [0.29, 0.717) is 11.3 Å². The summed E-state index contributed by atoms with van der Waals surface area (Å²) in [4.78, 5) is 2.30. The topological polar surface area (TPSA) is 68.8 Å². The van der Waals surface area contributed by atoms with Crippen LogP contribution in [0.1, 0.15) is 24.0 Å². The Morgan fingerprint density at radius 1 is 1.42 bits per heavy atom. The molecule has 100 valence electrons. The van der Waals surface area contributed by atoms with E-state index < -0.39 is 0 Å². The number of benzene rings is 1. The third-order valence-corrected chi connectivity index (χ3v) is 3.37. The molecule has 2 rings (SSSR count). The normalized spacial score (nSPS) is 15.9. The molecule has 19 heavy (non-hydrogen) atoms. The fourth-order valence-electron chi connectivity index (χ4n) is 2.25. The van der Waals surface area contributed by atoms with Crippen LogP contribution in [0.2, 0.25) is 0 Å². The number of methoxy groups -OCH3 is 1. The SMILES string of the molecule is COc1cc(CN2CCC(=NO)CC2)ccc1C#N. The quantitative estimate of drug-likeness (QED) is 0.665. The minimum absolute atomic E-state index is 0.555. The molecule has 0 atom stereocenters. The van der Waals surface area contributed by atoms with E-state index in [9.17, 15) is 0 Å². The maximum atomic E-state index is 8.94. The van der Waals surface area contributed by atoms with Gasteiger partial charge in [0.25, 0.3) is 0 Å². The van der Waals surface area contributed by atoms with Crippen molar-refractivity contribution in [2.75, 3.05) is 20.2 Å². The van der Waals surface area contributed by atoms with Crippen molar-refractivity contribution in [1.82, 2.24) is 4.90 Å². The van der Waals surface area contributed by atoms with Crippen molar-refractivity contribution in [2.24, 2.45) is 5.16 Å². The third-order valence-electron chi connectivity index (χ3n) is 3.37. The van der Waals surface area contributed by atoms with Gasteiger partial charge in [0.05, 0.1) is 18.4 Å². The van der Waals surface area contributed by atoms with Crippen molar-refractivity contribution in [3.8, 4) is 11.8 Å². The lowest BCUT2D eigenvalue weighted by molar-refractivity contribution is 0.256. The van der Waals surface area contributed by atoms with Gasteiger partial charge in [0.15, 0.2) is 0 Å². The third kappa shape index (κ3) is 3.24. The van der Waals surface area contributed by atoms with E-state index in [0.717, 1.165) is 43.8 Å². The monoisotopic (exact) mass is 259 g/mol. The van der Waals surface area contributed by atoms with Crippen LogP contribution in [0.3, 0.4) is 0 Å². The number of nitrogens with zero attached hydrogens (tertiary/aromatic N) is 3. The van der Waals surface area contributed by atoms with Crippen LogP contribution in [-0.2, 0) is 6.54 Å². The highest BCUT2D eigenvalue weighted by molar-refractivity contribution is 5.84. The van der Waals surface area contributed by atoms with Gasteiger partial charge in [-0.25, -0.2) is 0 Å². The number of rotatable bonds is 3. The number of piperidine rings is 1. The summed E-state index contributed by atoms with van der Waals surface area (Å²) in [6.07, 6.45) is 1.62. The van der Waals surface area contributed by atoms with Crippen molar-refractivity contribution in [3.63, 3.8) is 0 Å². The highest BCUT2D eigenvalue weighted by atomic mass is 16.5. The largest absolute Gasteiger partial charge is 0.495 e. The molecule has 1 aromatic rings. The van der Waals surface area contributed by atoms with Gasteiger partial charge in [-0.2, -0.15) is 5.26 Å². The maximum absolute atomic E-state index is 8.94. The van der Waals surface area contributed by atoms with E-state index in [1.807, 2.05) is 12.1 Å². The number of likely N-dealkylation sites (tertiary alicyclic amines) is 1. The Morgan fingerprint density at radius 2 is 2.16 bits per heavy atom. The first-order valence-electron chi connectivity index (χ1n) is 6.26. The molecule has 1 aliphatic heterocycles. The van der Waals surface area contributed by atoms with E-state index >= 15 is 0 Å². The fourth-order valence-corrected chi connectivity index (χ4v) is 2.25. The molecule has 0 amide bonds. The zero-order valence-electron chi connectivity index (χ0n) is 11.0. The molecule has 5 heteroatoms. The van der Waals surface area contributed by atoms with Crippen LogP contribution in [-0.4, -0.2) is 36.0 Å². The molecule has 1 N–H and O–H groups in total. The number of hydrogen-bond donors (Lipinski definition) is 1. The second-order valence-corrected chi connectivity index (χ2v) is 4.59. The Kier molecular flexibility index (Phi) is 4.37. The molecule has 0 bridgehead atoms. The summed E-state index contributed by atoms with van der Waals surface area (Å²) < 4.78 is 5.21. The van der Waals surface area contributed by atoms with Crippen molar-refractivity contribution in [2.45, 2.75) is 19.4 Å². The average molecular weight is 259 g/mol. The van der Waals surface area contributed by atoms with Gasteiger partial charge in [-0.3, -0.25) is 4.90 Å². The van der Waals surface area contributed by atoms with Crippen molar-refractivity contribution in [1.29, 1.82) is 5.26 Å². The first kappa shape index (κ1) is 13.4. The first-order valence-corrected chi connectivity index (χ1v) is 6.26. The molecule has 5 nitrogen and oxygen atoms in total. The van der Waals surface area contributed by atoms with Crippen LogP contribution in [0.4, 0.5) is 0 Å². The summed E-state index contributed by atoms with van der Waals surface area (Å²) in [5, 5.41) is 20.9. The van der Waals surface area contributed by atoms with Gasteiger partial charge < -0.3 is 9.94 Å². The average Bonchev–Trinajstić information content (AvgIpc) is 2.48. The van der Waals surface area contributed by atoms with Crippen molar-refractivity contribution in [3.05, 3.63) is 29.3 Å². The summed E-state index contributed by atoms with van der Waals surface area (Å²) in [6.45, 7) is 2.60. The minimum atomic E-state index is 0.555. The van der Waals surface area contributed by atoms with E-state index in [1.54, 1.807) is 13.2 Å². The van der Waals surface area contributed by atoms with Gasteiger partial charge in [0.2, 0.25) is 0 Å². The van der Waals surface area contributed by atoms with Gasteiger partial charge in [-0.15, -0.1) is 0 Å². The number of ether oxygens (including phenoxy) is 1. The Bertz CT molecular complexity index is 510. The summed E-state index contributed by atoms with van der Waals surface area (Å²) in [6, 6.07) is 7.77. The van der Waals surface area contributed by atoms with Gasteiger partial charge in [-0.1, -0.05) is 11.2 Å². The van der Waals surface area contributed by atoms with Crippen LogP contribution < -0.4 is 4.74 Å². The van der Waals surface area contributed by atoms with E-state index in [4.69, 9.17) is 15.2 Å². The summed E-state index contributed by atoms with van der Waals surface area (Å²) in [7, 11) is 1.57. The standard InChI is InChI=1S/C14H17N3O2/c1-19-14-8-11(2-3-12(14)9-15)10-17-6-4-13(16-18)5-7-17/h2-3,8,18H,4-7,10H2,1H3. The highest BCUT2D eigenvalue weighted by Crippen LogP contribution is 2.21. The first-order chi connectivity index (χ1) is 9.26. The molecule has 0 spiro atoms. The predicted octanol–water partition coefficient (Wildman–Crippen LogP) is 1.99. The van der Waals surface area contributed by atoms with Crippen LogP contribution >= 0.6 is 0 Å². The maximum Gasteiger partial charge on any atom is 0.136 e. The molecule has 1 aromatic carbocycles. The molecule has 1 heterocycles. The van der Waals surface area contributed by atoms with Crippen LogP contribution in [0.25, 0.3) is 0 Å². The fraction of sp³-hybridized carbons (Fsp3) is 0.429. The van der Waals surface area contributed by atoms with Crippen LogP contribution in [0, 0.1) is 11.3 Å². The van der Waals surface area contributed by atoms with Crippen LogP contribution in [0.5, 0.6) is 5.75 Å². The minimum Gasteiger partial charge on any atom is -0.495 e. The Labute approximate surface area is 112 Å². The highest BCUT2D eigenvalue weighted by Gasteiger charge is 2.16. The molecule has 0 aliphatic carbocycles. The van der Waals surface area contributed by atoms with Gasteiger partial charge in [0.1, 0.15) is 11.8 Å². The second-order valence-electron chi connectivity index (χ2n) is 4.59. The van der Waals surface area contributed by atoms with E-state index in [2.05, 4.69) is 16.1 Å². The van der Waals surface area contributed by atoms with Crippen molar-refractivity contribution >= 4 is 5.71 Å². The zero-order chi connectivity index (χ0) is 13.7. The summed E-state index contributed by atoms with van der Waals surface area (Å²) in [5.41, 5.74) is 2.55. The molecule has 0 unspecified atom stereocenters. The van der Waals surface area contributed by atoms with Gasteiger partial charge in [0, 0.05) is 32.5 Å². The van der Waals surface area contributed by atoms with Gasteiger partial charge in [-0.05, 0) is 17.7 Å². The lowest BCUT2D eigenvalue weighted by atomic mass is 10.1. The van der Waals surface area contributed by atoms with Crippen LogP contribution in [0.15, 0.2) is 23.4 Å². The molecule has 0 aromatic heterocycles.